The van der Waals surface area contributed by atoms with E-state index in [0.717, 1.165) is 41.1 Å². The van der Waals surface area contributed by atoms with Crippen LogP contribution in [0.25, 0.3) is 17.2 Å². The van der Waals surface area contributed by atoms with Gasteiger partial charge in [0.1, 0.15) is 18.2 Å². The summed E-state index contributed by atoms with van der Waals surface area (Å²) in [5, 5.41) is 0. The monoisotopic (exact) mass is 425 g/mol. The van der Waals surface area contributed by atoms with E-state index in [-0.39, 0.29) is 5.78 Å². The molecule has 3 aromatic carbocycles. The van der Waals surface area contributed by atoms with Gasteiger partial charge in [-0.25, -0.2) is 0 Å². The molecule has 162 valence electrons. The maximum atomic E-state index is 13.2. The predicted octanol–water partition coefficient (Wildman–Crippen LogP) is 6.09. The van der Waals surface area contributed by atoms with Crippen LogP contribution in [0.4, 0.5) is 0 Å². The van der Waals surface area contributed by atoms with Crippen LogP contribution in [0.5, 0.6) is 11.5 Å². The SMILES string of the molecule is Cc1cc2c(c3c1C(=O)/C(=C/c1ccc(-c4ccccc4)cc1)O3)CN(CC(C)C)CO2. The van der Waals surface area contributed by atoms with Gasteiger partial charge in [-0.3, -0.25) is 9.69 Å². The summed E-state index contributed by atoms with van der Waals surface area (Å²) >= 11 is 0. The molecule has 0 saturated carbocycles. The third-order valence-electron chi connectivity index (χ3n) is 5.93. The molecule has 0 unspecified atom stereocenters. The van der Waals surface area contributed by atoms with E-state index < -0.39 is 0 Å². The molecule has 0 N–H and O–H groups in total. The normalized spacial score (nSPS) is 16.6. The second kappa shape index (κ2) is 8.29. The summed E-state index contributed by atoms with van der Waals surface area (Å²) in [5.41, 5.74) is 5.76. The van der Waals surface area contributed by atoms with Crippen LogP contribution in [0.3, 0.4) is 0 Å². The molecule has 3 aromatic rings. The van der Waals surface area contributed by atoms with Crippen molar-refractivity contribution in [3.63, 3.8) is 0 Å². The lowest BCUT2D eigenvalue weighted by Gasteiger charge is -2.31. The number of ketones is 1. The maximum Gasteiger partial charge on any atom is 0.232 e. The first-order chi connectivity index (χ1) is 15.5. The van der Waals surface area contributed by atoms with Crippen molar-refractivity contribution in [3.05, 3.63) is 88.7 Å². The van der Waals surface area contributed by atoms with E-state index in [4.69, 9.17) is 9.47 Å². The zero-order chi connectivity index (χ0) is 22.2. The average molecular weight is 426 g/mol. The third-order valence-corrected chi connectivity index (χ3v) is 5.93. The molecule has 4 nitrogen and oxygen atoms in total. The molecule has 0 aromatic heterocycles. The van der Waals surface area contributed by atoms with Crippen molar-refractivity contribution >= 4 is 11.9 Å². The molecular weight excluding hydrogens is 398 g/mol. The number of carbonyl (C=O) groups is 1. The van der Waals surface area contributed by atoms with E-state index in [0.29, 0.717) is 29.7 Å². The van der Waals surface area contributed by atoms with Crippen LogP contribution >= 0.6 is 0 Å². The fourth-order valence-electron chi connectivity index (χ4n) is 4.46. The number of aryl methyl sites for hydroxylation is 1. The summed E-state index contributed by atoms with van der Waals surface area (Å²) in [6, 6.07) is 20.4. The van der Waals surface area contributed by atoms with E-state index in [1.807, 2.05) is 49.4 Å². The van der Waals surface area contributed by atoms with E-state index in [2.05, 4.69) is 43.0 Å². The number of ether oxygens (including phenoxy) is 2. The average Bonchev–Trinajstić information content (AvgIpc) is 3.12. The number of hydrogen-bond acceptors (Lipinski definition) is 4. The van der Waals surface area contributed by atoms with E-state index in [1.165, 1.54) is 5.56 Å². The van der Waals surface area contributed by atoms with Gasteiger partial charge in [0.15, 0.2) is 5.76 Å². The lowest BCUT2D eigenvalue weighted by Crippen LogP contribution is -2.35. The molecule has 32 heavy (non-hydrogen) atoms. The lowest BCUT2D eigenvalue weighted by molar-refractivity contribution is 0.0831. The Kier molecular flexibility index (Phi) is 5.32. The molecule has 0 atom stereocenters. The molecule has 4 heteroatoms. The van der Waals surface area contributed by atoms with Crippen molar-refractivity contribution in [3.8, 4) is 22.6 Å². The first-order valence-electron chi connectivity index (χ1n) is 11.1. The van der Waals surface area contributed by atoms with Gasteiger partial charge >= 0.3 is 0 Å². The molecule has 0 fully saturated rings. The van der Waals surface area contributed by atoms with Gasteiger partial charge in [-0.2, -0.15) is 0 Å². The summed E-state index contributed by atoms with van der Waals surface area (Å²) < 4.78 is 12.2. The molecule has 2 aliphatic rings. The first kappa shape index (κ1) is 20.5. The molecule has 0 aliphatic carbocycles. The number of benzene rings is 3. The van der Waals surface area contributed by atoms with Crippen molar-refractivity contribution in [1.82, 2.24) is 4.90 Å². The minimum atomic E-state index is -0.0616. The van der Waals surface area contributed by atoms with E-state index in [1.54, 1.807) is 0 Å². The topological polar surface area (TPSA) is 38.8 Å². The lowest BCUT2D eigenvalue weighted by atomic mass is 9.98. The Hall–Kier alpha value is -3.37. The minimum Gasteiger partial charge on any atom is -0.478 e. The number of Topliss-reactive ketones (excluding diaryl/α,β-unsaturated/α-hetero) is 1. The van der Waals surface area contributed by atoms with Crippen molar-refractivity contribution in [2.24, 2.45) is 5.92 Å². The Bertz CT molecular complexity index is 1190. The maximum absolute atomic E-state index is 13.2. The zero-order valence-electron chi connectivity index (χ0n) is 18.7. The Labute approximate surface area is 189 Å². The Morgan fingerprint density at radius 1 is 1.03 bits per heavy atom. The van der Waals surface area contributed by atoms with Crippen LogP contribution in [0.1, 0.15) is 40.9 Å². The van der Waals surface area contributed by atoms with Crippen LogP contribution in [-0.4, -0.2) is 24.0 Å². The molecule has 0 radical (unpaired) electrons. The van der Waals surface area contributed by atoms with Crippen LogP contribution in [0.15, 0.2) is 66.4 Å². The molecular formula is C28H27NO3. The van der Waals surface area contributed by atoms with Crippen molar-refractivity contribution < 1.29 is 14.3 Å². The van der Waals surface area contributed by atoms with Gasteiger partial charge in [0.25, 0.3) is 0 Å². The van der Waals surface area contributed by atoms with Gasteiger partial charge in [-0.05, 0) is 47.2 Å². The molecule has 0 saturated heterocycles. The summed E-state index contributed by atoms with van der Waals surface area (Å²) in [6.45, 7) is 8.56. The number of nitrogens with zero attached hydrogens (tertiary/aromatic N) is 1. The molecule has 2 heterocycles. The van der Waals surface area contributed by atoms with Gasteiger partial charge in [0, 0.05) is 13.1 Å². The summed E-state index contributed by atoms with van der Waals surface area (Å²) in [4.78, 5) is 15.5. The molecule has 5 rings (SSSR count). The Morgan fingerprint density at radius 3 is 2.47 bits per heavy atom. The number of fused-ring (bicyclic) bond motifs is 3. The van der Waals surface area contributed by atoms with Crippen LogP contribution < -0.4 is 9.47 Å². The predicted molar refractivity (Wildman–Crippen MR) is 127 cm³/mol. The highest BCUT2D eigenvalue weighted by Crippen LogP contribution is 2.44. The fourth-order valence-corrected chi connectivity index (χ4v) is 4.46. The minimum absolute atomic E-state index is 0.0616. The number of allylic oxidation sites excluding steroid dienone is 1. The number of rotatable bonds is 4. The highest BCUT2D eigenvalue weighted by Gasteiger charge is 2.35. The number of carbonyl (C=O) groups excluding carboxylic acids is 1. The van der Waals surface area contributed by atoms with Gasteiger partial charge in [-0.1, -0.05) is 68.4 Å². The molecule has 2 aliphatic heterocycles. The standard InChI is InChI=1S/C28H27NO3/c1-18(2)15-29-16-23-24(31-17-29)13-19(3)26-27(30)25(32-28(23)26)14-20-9-11-22(12-10-20)21-7-5-4-6-8-21/h4-14,18H,15-17H2,1-3H3/b25-14-. The third kappa shape index (κ3) is 3.82. The summed E-state index contributed by atoms with van der Waals surface area (Å²) in [7, 11) is 0. The highest BCUT2D eigenvalue weighted by atomic mass is 16.5. The fraction of sp³-hybridized carbons (Fsp3) is 0.250. The van der Waals surface area contributed by atoms with Gasteiger partial charge in [0.2, 0.25) is 5.78 Å². The molecule has 0 spiro atoms. The summed E-state index contributed by atoms with van der Waals surface area (Å²) in [6.07, 6.45) is 1.83. The second-order valence-corrected chi connectivity index (χ2v) is 8.98. The van der Waals surface area contributed by atoms with Crippen molar-refractivity contribution in [1.29, 1.82) is 0 Å². The number of hydrogen-bond donors (Lipinski definition) is 0. The van der Waals surface area contributed by atoms with Gasteiger partial charge in [-0.15, -0.1) is 0 Å². The van der Waals surface area contributed by atoms with Gasteiger partial charge in [0.05, 0.1) is 11.1 Å². The summed E-state index contributed by atoms with van der Waals surface area (Å²) in [5.74, 6) is 2.32. The largest absolute Gasteiger partial charge is 0.478 e. The molecule has 0 amide bonds. The van der Waals surface area contributed by atoms with Crippen LogP contribution in [0.2, 0.25) is 0 Å². The zero-order valence-corrected chi connectivity index (χ0v) is 18.7. The quantitative estimate of drug-likeness (QED) is 0.475. The Balaban J connectivity index is 1.44. The Morgan fingerprint density at radius 2 is 1.75 bits per heavy atom. The van der Waals surface area contributed by atoms with Crippen LogP contribution in [-0.2, 0) is 6.54 Å². The van der Waals surface area contributed by atoms with Crippen LogP contribution in [0, 0.1) is 12.8 Å². The first-order valence-corrected chi connectivity index (χ1v) is 11.1. The van der Waals surface area contributed by atoms with E-state index >= 15 is 0 Å². The highest BCUT2D eigenvalue weighted by molar-refractivity contribution is 6.15. The second-order valence-electron chi connectivity index (χ2n) is 8.98. The van der Waals surface area contributed by atoms with Gasteiger partial charge < -0.3 is 9.47 Å². The van der Waals surface area contributed by atoms with Crippen molar-refractivity contribution in [2.75, 3.05) is 13.3 Å². The van der Waals surface area contributed by atoms with E-state index in [9.17, 15) is 4.79 Å². The van der Waals surface area contributed by atoms with Crippen molar-refractivity contribution in [2.45, 2.75) is 27.3 Å². The molecule has 0 bridgehead atoms. The smallest absolute Gasteiger partial charge is 0.232 e.